The van der Waals surface area contributed by atoms with Gasteiger partial charge in [0.1, 0.15) is 0 Å². The second-order valence-corrected chi connectivity index (χ2v) is 38.1. The number of rotatable bonds is 22. The second kappa shape index (κ2) is 60.6. The fraction of sp³-hybridized carbons (Fsp3) is 0.822. The van der Waals surface area contributed by atoms with Gasteiger partial charge in [-0.1, -0.05) is 274 Å². The maximum Gasteiger partial charge on any atom is 0.198 e. The number of hydrogen-bond acceptors (Lipinski definition) is 6. The van der Waals surface area contributed by atoms with Crippen molar-refractivity contribution in [2.45, 2.75) is 506 Å². The summed E-state index contributed by atoms with van der Waals surface area (Å²) in [6.07, 6.45) is 81.1. The predicted molar refractivity (Wildman–Crippen MR) is 515 cm³/mol. The van der Waals surface area contributed by atoms with Crippen LogP contribution in [0.1, 0.15) is 427 Å². The Bertz CT molecular complexity index is 2890. The average molecular weight is 1650 g/mol. The number of aliphatic imine (C=N–C) groups is 6. The molecule has 676 valence electrons. The van der Waals surface area contributed by atoms with Gasteiger partial charge in [0.15, 0.2) is 35.8 Å². The summed E-state index contributed by atoms with van der Waals surface area (Å²) in [6, 6.07) is 27.4. The Morgan fingerprint density at radius 3 is 1.06 bits per heavy atom. The van der Waals surface area contributed by atoms with Gasteiger partial charge < -0.3 is 63.4 Å². The van der Waals surface area contributed by atoms with Gasteiger partial charge in [0.2, 0.25) is 0 Å². The molecular weight excluding hydrogens is 1470 g/mol. The zero-order valence-electron chi connectivity index (χ0n) is 77.8. The molecule has 0 atom stereocenters. The van der Waals surface area contributed by atoms with E-state index in [1.54, 1.807) is 5.96 Å². The first-order chi connectivity index (χ1) is 58.4. The van der Waals surface area contributed by atoms with Crippen molar-refractivity contribution in [3.05, 3.63) is 60.7 Å². The van der Waals surface area contributed by atoms with Crippen LogP contribution in [0.2, 0.25) is 0 Å². The Kier molecular flexibility index (Phi) is 50.1. The van der Waals surface area contributed by atoms with E-state index in [-0.39, 0.29) is 0 Å². The maximum absolute atomic E-state index is 5.97. The van der Waals surface area contributed by atoms with Gasteiger partial charge in [-0.15, -0.1) is 0 Å². The predicted octanol–water partition coefficient (Wildman–Crippen LogP) is 23.6. The summed E-state index contributed by atoms with van der Waals surface area (Å²) in [5, 5.41) is 24.5. The van der Waals surface area contributed by atoms with Crippen LogP contribution in [0.15, 0.2) is 90.6 Å². The third-order valence-electron chi connectivity index (χ3n) is 27.3. The molecule has 0 unspecified atom stereocenters. The van der Waals surface area contributed by atoms with Crippen LogP contribution >= 0.6 is 0 Å². The lowest BCUT2D eigenvalue weighted by atomic mass is 9.86. The Morgan fingerprint density at radius 2 is 0.714 bits per heavy atom. The second-order valence-electron chi connectivity index (χ2n) is 38.1. The van der Waals surface area contributed by atoms with Crippen molar-refractivity contribution >= 4 is 47.1 Å². The normalized spacial score (nSPS) is 21.3. The summed E-state index contributed by atoms with van der Waals surface area (Å²) in [4.78, 5) is 36.9. The van der Waals surface area contributed by atoms with E-state index in [0.29, 0.717) is 66.3 Å². The van der Waals surface area contributed by atoms with Crippen LogP contribution in [-0.2, 0) is 0 Å². The molecule has 0 amide bonds. The molecule has 11 aliphatic carbocycles. The van der Waals surface area contributed by atoms with Gasteiger partial charge in [-0.05, 0) is 213 Å². The van der Waals surface area contributed by atoms with E-state index in [4.69, 9.17) is 21.5 Å². The molecule has 0 bridgehead atoms. The van der Waals surface area contributed by atoms with Crippen LogP contribution in [0.4, 0.5) is 11.4 Å². The first-order valence-corrected chi connectivity index (χ1v) is 51.0. The number of benzene rings is 2. The molecule has 0 aromatic heterocycles. The third-order valence-corrected chi connectivity index (χ3v) is 27.3. The number of guanidine groups is 6. The molecular formula is C101H182N18. The summed E-state index contributed by atoms with van der Waals surface area (Å²) < 4.78 is 0. The van der Waals surface area contributed by atoms with Crippen molar-refractivity contribution in [3.8, 4) is 0 Å². The quantitative estimate of drug-likeness (QED) is 0.0305. The number of hydrogen-bond donors (Lipinski definition) is 9. The topological polar surface area (TPSA) is 220 Å². The van der Waals surface area contributed by atoms with Crippen molar-refractivity contribution in [2.75, 3.05) is 32.0 Å². The molecule has 11 fully saturated rings. The highest BCUT2D eigenvalue weighted by atomic mass is 15.4. The zero-order valence-corrected chi connectivity index (χ0v) is 77.8. The highest BCUT2D eigenvalue weighted by Crippen LogP contribution is 2.38. The van der Waals surface area contributed by atoms with Gasteiger partial charge in [0.05, 0.1) is 17.8 Å². The summed E-state index contributed by atoms with van der Waals surface area (Å²) in [7, 11) is 1.89. The minimum absolute atomic E-state index is 0.344. The van der Waals surface area contributed by atoms with Crippen molar-refractivity contribution in [1.82, 2.24) is 46.6 Å². The van der Waals surface area contributed by atoms with Crippen LogP contribution in [-0.4, -0.2) is 156 Å². The lowest BCUT2D eigenvalue weighted by Crippen LogP contribution is -2.60. The minimum Gasteiger partial charge on any atom is -0.370 e. The van der Waals surface area contributed by atoms with Crippen LogP contribution in [0.5, 0.6) is 0 Å². The fourth-order valence-electron chi connectivity index (χ4n) is 20.6. The van der Waals surface area contributed by atoms with E-state index < -0.39 is 0 Å². The first-order valence-electron chi connectivity index (χ1n) is 51.0. The monoisotopic (exact) mass is 1650 g/mol. The number of anilines is 1. The highest BCUT2D eigenvalue weighted by molar-refractivity contribution is 5.94. The zero-order chi connectivity index (χ0) is 84.0. The Balaban J connectivity index is 0.000000184. The van der Waals surface area contributed by atoms with Crippen LogP contribution in [0.3, 0.4) is 0 Å². The van der Waals surface area contributed by atoms with E-state index in [1.165, 1.54) is 379 Å². The highest BCUT2D eigenvalue weighted by Gasteiger charge is 2.40. The number of nitrogens with zero attached hydrogens (tertiary/aromatic N) is 9. The standard InChI is InChI=1S/C31H55N3.C19H37N3.C14H27N3.C13H25N3.C13H13N3.C11H25N3/c1-6-16-26(17-7-1)32-31(33(27-18-8-2-9-19-27)28-20-10-3-11-21-28)34(29-22-12-4-13-23-29)30-24-14-5-15-25-30;1-2-3-4-11-16-20-19(21-17-12-7-5-8-13-17)22-18-14-9-6-10-15-18;1-15-14(16-12-8-4-2-5-9-12)17-13-10-6-3-7-11-13;2*14-13(15-11-7-3-1-4-8-11)16-12-9-5-2-6-10-12;1-7-14(8-2)11(12-9(3)4)13-10(5)6/h26-30H,1-25H2;17-18H,2-16H2,1H3,(H2,20,21,22);12-13H,2-11H2,1H3,(H2,15,16,17);11-12H,1-10H2,(H3,14,15,16);1-10H,(H3,14,15,16);9-10H,7-8H2,1-6H3,(H,12,13). The van der Waals surface area contributed by atoms with Gasteiger partial charge in [-0.25, -0.2) is 9.98 Å². The molecule has 0 saturated heterocycles. The summed E-state index contributed by atoms with van der Waals surface area (Å²) in [5.41, 5.74) is 13.5. The molecule has 0 radical (unpaired) electrons. The van der Waals surface area contributed by atoms with Crippen LogP contribution in [0.25, 0.3) is 0 Å². The number of nitrogens with one attached hydrogen (secondary N) is 7. The summed E-state index contributed by atoms with van der Waals surface area (Å²) in [6.45, 7) is 18.0. The van der Waals surface area contributed by atoms with Crippen LogP contribution in [0, 0.1) is 0 Å². The van der Waals surface area contributed by atoms with E-state index in [9.17, 15) is 0 Å². The molecule has 0 heterocycles. The lowest BCUT2D eigenvalue weighted by Gasteiger charge is -2.52. The fourth-order valence-corrected chi connectivity index (χ4v) is 20.6. The van der Waals surface area contributed by atoms with Gasteiger partial charge in [0, 0.05) is 98.8 Å². The SMILES string of the molecule is C1CCC(N=C(N(C2CCCCC2)C2CCCCC2)N(C2CCCCC2)C2CCCCC2)CC1.CCCCCCN=C(NC1CCCCC1)NC1CCCCC1.CCN(CC)C(=NC(C)C)NC(C)C.CN=C(NC1CCCCC1)NC1CCCCC1.NC(=NC1CCCCC1)NC1CCCCC1.NC(=Nc1ccccc1)Nc1ccccc1. The van der Waals surface area contributed by atoms with Crippen molar-refractivity contribution in [3.63, 3.8) is 0 Å². The molecule has 18 heteroatoms. The van der Waals surface area contributed by atoms with Gasteiger partial charge in [-0.3, -0.25) is 20.0 Å². The van der Waals surface area contributed by atoms with Crippen molar-refractivity contribution in [2.24, 2.45) is 41.4 Å². The maximum atomic E-state index is 5.97. The van der Waals surface area contributed by atoms with Crippen molar-refractivity contribution < 1.29 is 0 Å². The molecule has 0 aliphatic heterocycles. The molecule has 11 saturated carbocycles. The van der Waals surface area contributed by atoms with Crippen molar-refractivity contribution in [1.29, 1.82) is 0 Å². The summed E-state index contributed by atoms with van der Waals surface area (Å²) in [5.74, 6) is 5.79. The van der Waals surface area contributed by atoms with E-state index in [0.717, 1.165) is 73.1 Å². The smallest absolute Gasteiger partial charge is 0.198 e. The number of nitrogens with two attached hydrogens (primary N) is 2. The first kappa shape index (κ1) is 98.5. The Labute approximate surface area is 729 Å². The average Bonchev–Trinajstić information content (AvgIpc) is 0.778. The molecule has 11 aliphatic rings. The molecule has 2 aromatic carbocycles. The van der Waals surface area contributed by atoms with Gasteiger partial charge in [-0.2, -0.15) is 0 Å². The molecule has 2 aromatic rings. The largest absolute Gasteiger partial charge is 0.370 e. The molecule has 0 spiro atoms. The van der Waals surface area contributed by atoms with Crippen LogP contribution < -0.4 is 48.7 Å². The number of unbranched alkanes of at least 4 members (excludes halogenated alkanes) is 3. The van der Waals surface area contributed by atoms with E-state index in [1.807, 2.05) is 67.7 Å². The Morgan fingerprint density at radius 1 is 0.378 bits per heavy atom. The molecule has 13 rings (SSSR count). The van der Waals surface area contributed by atoms with Gasteiger partial charge >= 0.3 is 0 Å². The minimum atomic E-state index is 0.344. The van der Waals surface area contributed by atoms with Gasteiger partial charge in [0.25, 0.3) is 0 Å². The Hall–Kier alpha value is -5.94. The third kappa shape index (κ3) is 40.5. The van der Waals surface area contributed by atoms with E-state index >= 15 is 0 Å². The lowest BCUT2D eigenvalue weighted by molar-refractivity contribution is 0.0911. The molecule has 11 N–H and O–H groups in total. The number of para-hydroxylation sites is 2. The van der Waals surface area contributed by atoms with E-state index in [2.05, 4.69) is 120 Å². The molecule has 18 nitrogen and oxygen atoms in total. The summed E-state index contributed by atoms with van der Waals surface area (Å²) >= 11 is 0. The molecule has 119 heavy (non-hydrogen) atoms.